The van der Waals surface area contributed by atoms with Crippen molar-refractivity contribution in [1.82, 2.24) is 4.90 Å². The molecule has 128 valence electrons. The van der Waals surface area contributed by atoms with E-state index < -0.39 is 6.10 Å². The van der Waals surface area contributed by atoms with Gasteiger partial charge in [-0.05, 0) is 50.5 Å². The lowest BCUT2D eigenvalue weighted by Gasteiger charge is -2.32. The van der Waals surface area contributed by atoms with Crippen LogP contribution in [0.3, 0.4) is 0 Å². The predicted octanol–water partition coefficient (Wildman–Crippen LogP) is 4.71. The number of fused-ring (bicyclic) bond motifs is 1. The summed E-state index contributed by atoms with van der Waals surface area (Å²) in [6, 6.07) is 11.8. The molecule has 0 radical (unpaired) electrons. The maximum Gasteiger partial charge on any atom is 0.255 e. The van der Waals surface area contributed by atoms with E-state index in [2.05, 4.69) is 6.58 Å². The Morgan fingerprint density at radius 1 is 1.12 bits per heavy atom. The maximum absolute atomic E-state index is 13.4. The molecule has 2 rings (SSSR count). The highest BCUT2D eigenvalue weighted by Gasteiger charge is 2.27. The van der Waals surface area contributed by atoms with Gasteiger partial charge in [-0.25, -0.2) is 0 Å². The average molecular weight is 325 g/mol. The number of carbonyl (C=O) groups is 1. The molecule has 0 aliphatic rings. The van der Waals surface area contributed by atoms with Crippen LogP contribution >= 0.6 is 0 Å². The fourth-order valence-electron chi connectivity index (χ4n) is 3.28. The van der Waals surface area contributed by atoms with Crippen molar-refractivity contribution in [3.8, 4) is 0 Å². The van der Waals surface area contributed by atoms with E-state index in [-0.39, 0.29) is 18.0 Å². The van der Waals surface area contributed by atoms with Gasteiger partial charge in [0.25, 0.3) is 5.91 Å². The summed E-state index contributed by atoms with van der Waals surface area (Å²) in [5.74, 6) is -0.0325. The zero-order chi connectivity index (χ0) is 17.9. The third kappa shape index (κ3) is 3.51. The summed E-state index contributed by atoms with van der Waals surface area (Å²) < 4.78 is 0. The number of hydrogen-bond acceptors (Lipinski definition) is 2. The standard InChI is InChI=1S/C21H27NO2/c1-6-9-19(23)18-13-12-16-10-7-8-11-17(16)20(18)21(24)22(14(2)3)15(4)5/h6-8,10-15,19,23H,1,9H2,2-5H3/t19-/m0/s1. The second-order valence-electron chi connectivity index (χ2n) is 6.69. The van der Waals surface area contributed by atoms with Gasteiger partial charge in [0, 0.05) is 12.1 Å². The van der Waals surface area contributed by atoms with Crippen molar-refractivity contribution in [3.05, 3.63) is 60.2 Å². The van der Waals surface area contributed by atoms with Gasteiger partial charge < -0.3 is 10.0 Å². The molecule has 2 aromatic carbocycles. The van der Waals surface area contributed by atoms with Crippen molar-refractivity contribution in [1.29, 1.82) is 0 Å². The highest BCUT2D eigenvalue weighted by Crippen LogP contribution is 2.30. The lowest BCUT2D eigenvalue weighted by Crippen LogP contribution is -2.42. The number of benzene rings is 2. The van der Waals surface area contributed by atoms with E-state index in [0.717, 1.165) is 10.8 Å². The number of carbonyl (C=O) groups excluding carboxylic acids is 1. The highest BCUT2D eigenvalue weighted by atomic mass is 16.3. The van der Waals surface area contributed by atoms with Crippen LogP contribution in [0.15, 0.2) is 49.1 Å². The van der Waals surface area contributed by atoms with Crippen molar-refractivity contribution < 1.29 is 9.90 Å². The Bertz CT molecular complexity index is 726. The second kappa shape index (κ2) is 7.63. The molecule has 1 amide bonds. The number of aliphatic hydroxyl groups excluding tert-OH is 1. The van der Waals surface area contributed by atoms with E-state index in [4.69, 9.17) is 0 Å². The molecule has 1 N–H and O–H groups in total. The third-order valence-electron chi connectivity index (χ3n) is 4.27. The van der Waals surface area contributed by atoms with Gasteiger partial charge in [0.1, 0.15) is 0 Å². The summed E-state index contributed by atoms with van der Waals surface area (Å²) >= 11 is 0. The molecule has 0 saturated heterocycles. The van der Waals surface area contributed by atoms with Crippen molar-refractivity contribution >= 4 is 16.7 Å². The van der Waals surface area contributed by atoms with Crippen LogP contribution in [0, 0.1) is 0 Å². The normalized spacial score (nSPS) is 12.6. The van der Waals surface area contributed by atoms with E-state index in [1.807, 2.05) is 69.0 Å². The zero-order valence-electron chi connectivity index (χ0n) is 15.0. The van der Waals surface area contributed by atoms with Gasteiger partial charge in [-0.2, -0.15) is 0 Å². The van der Waals surface area contributed by atoms with Gasteiger partial charge in [0.05, 0.1) is 11.7 Å². The van der Waals surface area contributed by atoms with Crippen LogP contribution in [0.1, 0.15) is 56.1 Å². The molecule has 0 aromatic heterocycles. The van der Waals surface area contributed by atoms with Gasteiger partial charge in [-0.3, -0.25) is 4.79 Å². The molecule has 0 fully saturated rings. The molecule has 0 saturated carbocycles. The Morgan fingerprint density at radius 3 is 2.33 bits per heavy atom. The maximum atomic E-state index is 13.4. The molecule has 1 atom stereocenters. The molecule has 3 nitrogen and oxygen atoms in total. The van der Waals surface area contributed by atoms with E-state index in [1.165, 1.54) is 0 Å². The Balaban J connectivity index is 2.70. The SMILES string of the molecule is C=CC[C@H](O)c1ccc2ccccc2c1C(=O)N(C(C)C)C(C)C. The Labute approximate surface area is 144 Å². The summed E-state index contributed by atoms with van der Waals surface area (Å²) in [5.41, 5.74) is 1.27. The van der Waals surface area contributed by atoms with Gasteiger partial charge in [0.15, 0.2) is 0 Å². The lowest BCUT2D eigenvalue weighted by molar-refractivity contribution is 0.0639. The van der Waals surface area contributed by atoms with E-state index in [1.54, 1.807) is 6.08 Å². The van der Waals surface area contributed by atoms with Crippen molar-refractivity contribution in [3.63, 3.8) is 0 Å². The molecule has 0 heterocycles. The van der Waals surface area contributed by atoms with E-state index in [0.29, 0.717) is 17.5 Å². The number of nitrogens with zero attached hydrogens (tertiary/aromatic N) is 1. The first-order chi connectivity index (χ1) is 11.4. The van der Waals surface area contributed by atoms with Gasteiger partial charge in [-0.15, -0.1) is 6.58 Å². The molecule has 24 heavy (non-hydrogen) atoms. The second-order valence-corrected chi connectivity index (χ2v) is 6.69. The number of aliphatic hydroxyl groups is 1. The molecule has 0 unspecified atom stereocenters. The summed E-state index contributed by atoms with van der Waals surface area (Å²) in [5, 5.41) is 12.4. The van der Waals surface area contributed by atoms with Crippen molar-refractivity contribution in [2.24, 2.45) is 0 Å². The minimum Gasteiger partial charge on any atom is -0.388 e. The van der Waals surface area contributed by atoms with E-state index in [9.17, 15) is 9.90 Å². The van der Waals surface area contributed by atoms with Crippen LogP contribution in [0.2, 0.25) is 0 Å². The van der Waals surface area contributed by atoms with Crippen LogP contribution in [0.25, 0.3) is 10.8 Å². The molecular formula is C21H27NO2. The highest BCUT2D eigenvalue weighted by molar-refractivity contribution is 6.08. The number of amides is 1. The number of rotatable bonds is 6. The fraction of sp³-hybridized carbons (Fsp3) is 0.381. The molecule has 0 aliphatic heterocycles. The smallest absolute Gasteiger partial charge is 0.255 e. The zero-order valence-corrected chi connectivity index (χ0v) is 15.0. The van der Waals surface area contributed by atoms with Crippen LogP contribution in [0.4, 0.5) is 0 Å². The quantitative estimate of drug-likeness (QED) is 0.782. The number of hydrogen-bond donors (Lipinski definition) is 1. The first kappa shape index (κ1) is 18.2. The van der Waals surface area contributed by atoms with Crippen LogP contribution in [-0.4, -0.2) is 28.0 Å². The van der Waals surface area contributed by atoms with Crippen molar-refractivity contribution in [2.45, 2.75) is 52.3 Å². The Kier molecular flexibility index (Phi) is 5.79. The van der Waals surface area contributed by atoms with Crippen molar-refractivity contribution in [2.75, 3.05) is 0 Å². The van der Waals surface area contributed by atoms with Gasteiger partial charge in [0.2, 0.25) is 0 Å². The monoisotopic (exact) mass is 325 g/mol. The minimum absolute atomic E-state index is 0.0325. The predicted molar refractivity (Wildman–Crippen MR) is 100 cm³/mol. The first-order valence-corrected chi connectivity index (χ1v) is 8.51. The van der Waals surface area contributed by atoms with Crippen LogP contribution < -0.4 is 0 Å². The molecule has 0 spiro atoms. The van der Waals surface area contributed by atoms with Gasteiger partial charge in [-0.1, -0.05) is 42.5 Å². The average Bonchev–Trinajstić information content (AvgIpc) is 2.53. The lowest BCUT2D eigenvalue weighted by atomic mass is 9.93. The Hall–Kier alpha value is -2.13. The summed E-state index contributed by atoms with van der Waals surface area (Å²) in [6.07, 6.45) is 1.37. The summed E-state index contributed by atoms with van der Waals surface area (Å²) in [4.78, 5) is 15.2. The van der Waals surface area contributed by atoms with Gasteiger partial charge >= 0.3 is 0 Å². The minimum atomic E-state index is -0.729. The van der Waals surface area contributed by atoms with E-state index >= 15 is 0 Å². The summed E-state index contributed by atoms with van der Waals surface area (Å²) in [7, 11) is 0. The molecular weight excluding hydrogens is 298 g/mol. The van der Waals surface area contributed by atoms with Crippen LogP contribution in [-0.2, 0) is 0 Å². The third-order valence-corrected chi connectivity index (χ3v) is 4.27. The first-order valence-electron chi connectivity index (χ1n) is 8.51. The topological polar surface area (TPSA) is 40.5 Å². The fourth-order valence-corrected chi connectivity index (χ4v) is 3.28. The summed E-state index contributed by atoms with van der Waals surface area (Å²) in [6.45, 7) is 11.8. The molecule has 2 aromatic rings. The largest absolute Gasteiger partial charge is 0.388 e. The molecule has 0 bridgehead atoms. The Morgan fingerprint density at radius 2 is 1.75 bits per heavy atom. The molecule has 3 heteroatoms. The van der Waals surface area contributed by atoms with Crippen LogP contribution in [0.5, 0.6) is 0 Å². The molecule has 0 aliphatic carbocycles.